The molecule has 0 radical (unpaired) electrons. The zero-order valence-corrected chi connectivity index (χ0v) is 9.82. The van der Waals surface area contributed by atoms with Crippen LogP contribution in [0, 0.1) is 6.92 Å². The highest BCUT2D eigenvalue weighted by atomic mass is 16.5. The first-order chi connectivity index (χ1) is 8.02. The Morgan fingerprint density at radius 2 is 2.12 bits per heavy atom. The van der Waals surface area contributed by atoms with Gasteiger partial charge in [-0.3, -0.25) is 9.59 Å². The van der Waals surface area contributed by atoms with Gasteiger partial charge in [-0.05, 0) is 13.0 Å². The molecule has 1 rings (SSSR count). The molecule has 0 atom stereocenters. The molecule has 0 unspecified atom stereocenters. The molecule has 5 heteroatoms. The average molecular weight is 237 g/mol. The average Bonchev–Trinajstić information content (AvgIpc) is 2.27. The number of aryl methyl sites for hydroxylation is 1. The Morgan fingerprint density at radius 1 is 1.41 bits per heavy atom. The number of aliphatic carboxylic acids is 1. The van der Waals surface area contributed by atoms with Gasteiger partial charge in [0.15, 0.2) is 0 Å². The Morgan fingerprint density at radius 3 is 2.71 bits per heavy atom. The molecule has 0 heterocycles. The van der Waals surface area contributed by atoms with Gasteiger partial charge in [-0.1, -0.05) is 17.7 Å². The fourth-order valence-corrected chi connectivity index (χ4v) is 1.46. The molecule has 0 aromatic heterocycles. The van der Waals surface area contributed by atoms with E-state index < -0.39 is 5.97 Å². The van der Waals surface area contributed by atoms with Gasteiger partial charge >= 0.3 is 5.97 Å². The van der Waals surface area contributed by atoms with Crippen LogP contribution in [-0.2, 0) is 16.0 Å². The van der Waals surface area contributed by atoms with Crippen LogP contribution in [-0.4, -0.2) is 30.6 Å². The molecular weight excluding hydrogens is 222 g/mol. The van der Waals surface area contributed by atoms with Gasteiger partial charge < -0.3 is 15.2 Å². The van der Waals surface area contributed by atoms with Crippen LogP contribution in [0.25, 0.3) is 0 Å². The smallest absolute Gasteiger partial charge is 0.322 e. The third-order valence-corrected chi connectivity index (χ3v) is 2.22. The van der Waals surface area contributed by atoms with Gasteiger partial charge in [0.1, 0.15) is 12.3 Å². The Hall–Kier alpha value is -2.04. The normalized spacial score (nSPS) is 9.76. The highest BCUT2D eigenvalue weighted by Crippen LogP contribution is 2.19. The quantitative estimate of drug-likeness (QED) is 0.792. The predicted octanol–water partition coefficient (Wildman–Crippen LogP) is 0.747. The second-order valence-electron chi connectivity index (χ2n) is 3.66. The van der Waals surface area contributed by atoms with Crippen LogP contribution in [0.5, 0.6) is 5.75 Å². The Kier molecular flexibility index (Phi) is 4.51. The lowest BCUT2D eigenvalue weighted by Crippen LogP contribution is -2.30. The molecule has 0 saturated heterocycles. The molecular formula is C12H15NO4. The Balaban J connectivity index is 2.69. The fraction of sp³-hybridized carbons (Fsp3) is 0.333. The van der Waals surface area contributed by atoms with Crippen molar-refractivity contribution < 1.29 is 19.4 Å². The number of carbonyl (C=O) groups excluding carboxylic acids is 1. The van der Waals surface area contributed by atoms with Crippen LogP contribution in [0.4, 0.5) is 0 Å². The van der Waals surface area contributed by atoms with Gasteiger partial charge in [0.25, 0.3) is 0 Å². The number of rotatable bonds is 5. The van der Waals surface area contributed by atoms with Crippen molar-refractivity contribution in [2.75, 3.05) is 13.7 Å². The van der Waals surface area contributed by atoms with Gasteiger partial charge in [-0.2, -0.15) is 0 Å². The molecule has 1 aromatic rings. The molecule has 5 nitrogen and oxygen atoms in total. The van der Waals surface area contributed by atoms with Crippen molar-refractivity contribution in [1.82, 2.24) is 5.32 Å². The summed E-state index contributed by atoms with van der Waals surface area (Å²) in [5, 5.41) is 10.7. The Bertz CT molecular complexity index is 429. The van der Waals surface area contributed by atoms with Crippen molar-refractivity contribution in [1.29, 1.82) is 0 Å². The van der Waals surface area contributed by atoms with Crippen LogP contribution in [0.3, 0.4) is 0 Å². The summed E-state index contributed by atoms with van der Waals surface area (Å²) >= 11 is 0. The minimum Gasteiger partial charge on any atom is -0.496 e. The molecule has 0 aliphatic rings. The van der Waals surface area contributed by atoms with Gasteiger partial charge in [-0.25, -0.2) is 0 Å². The van der Waals surface area contributed by atoms with Crippen LogP contribution in [0.2, 0.25) is 0 Å². The fourth-order valence-electron chi connectivity index (χ4n) is 1.46. The number of hydrogen-bond donors (Lipinski definition) is 2. The van der Waals surface area contributed by atoms with Gasteiger partial charge in [-0.15, -0.1) is 0 Å². The SMILES string of the molecule is COc1ccc(C)cc1CC(=O)NCC(=O)O. The molecule has 2 N–H and O–H groups in total. The number of methoxy groups -OCH3 is 1. The summed E-state index contributed by atoms with van der Waals surface area (Å²) in [4.78, 5) is 21.8. The van der Waals surface area contributed by atoms with Crippen LogP contribution in [0.15, 0.2) is 18.2 Å². The standard InChI is InChI=1S/C12H15NO4/c1-8-3-4-10(17-2)9(5-8)6-11(14)13-7-12(15)16/h3-5H,6-7H2,1-2H3,(H,13,14)(H,15,16). The van der Waals surface area contributed by atoms with E-state index in [1.165, 1.54) is 7.11 Å². The van der Waals surface area contributed by atoms with Gasteiger partial charge in [0.2, 0.25) is 5.91 Å². The first-order valence-corrected chi connectivity index (χ1v) is 5.15. The van der Waals surface area contributed by atoms with Crippen molar-refractivity contribution in [2.24, 2.45) is 0 Å². The molecule has 0 aliphatic carbocycles. The van der Waals surface area contributed by atoms with E-state index in [1.807, 2.05) is 19.1 Å². The lowest BCUT2D eigenvalue weighted by molar-refractivity contribution is -0.137. The number of benzene rings is 1. The molecule has 0 fully saturated rings. The summed E-state index contributed by atoms with van der Waals surface area (Å²) in [7, 11) is 1.53. The molecule has 17 heavy (non-hydrogen) atoms. The number of carboxylic acids is 1. The van der Waals surface area contributed by atoms with Crippen molar-refractivity contribution in [3.8, 4) is 5.75 Å². The van der Waals surface area contributed by atoms with E-state index in [-0.39, 0.29) is 18.9 Å². The van der Waals surface area contributed by atoms with Crippen LogP contribution in [0.1, 0.15) is 11.1 Å². The van der Waals surface area contributed by atoms with E-state index in [4.69, 9.17) is 9.84 Å². The minimum atomic E-state index is -1.06. The first-order valence-electron chi connectivity index (χ1n) is 5.15. The Labute approximate surface area is 99.4 Å². The number of ether oxygens (including phenoxy) is 1. The van der Waals surface area contributed by atoms with E-state index in [2.05, 4.69) is 5.32 Å². The largest absolute Gasteiger partial charge is 0.496 e. The number of nitrogens with one attached hydrogen (secondary N) is 1. The molecule has 0 bridgehead atoms. The van der Waals surface area contributed by atoms with Crippen molar-refractivity contribution in [3.63, 3.8) is 0 Å². The maximum atomic E-state index is 11.5. The van der Waals surface area contributed by atoms with Crippen molar-refractivity contribution >= 4 is 11.9 Å². The summed E-state index contributed by atoms with van der Waals surface area (Å²) in [6.07, 6.45) is 0.109. The molecule has 1 amide bonds. The summed E-state index contributed by atoms with van der Waals surface area (Å²) in [5.41, 5.74) is 1.77. The minimum absolute atomic E-state index is 0.109. The van der Waals surface area contributed by atoms with Crippen molar-refractivity contribution in [2.45, 2.75) is 13.3 Å². The highest BCUT2D eigenvalue weighted by molar-refractivity contribution is 5.83. The third kappa shape index (κ3) is 4.14. The molecule has 0 aliphatic heterocycles. The third-order valence-electron chi connectivity index (χ3n) is 2.22. The van der Waals surface area contributed by atoms with E-state index in [1.54, 1.807) is 6.07 Å². The predicted molar refractivity (Wildman–Crippen MR) is 62.1 cm³/mol. The number of amides is 1. The summed E-state index contributed by atoms with van der Waals surface area (Å²) in [6.45, 7) is 1.55. The second-order valence-corrected chi connectivity index (χ2v) is 3.66. The van der Waals surface area contributed by atoms with Crippen molar-refractivity contribution in [3.05, 3.63) is 29.3 Å². The highest BCUT2D eigenvalue weighted by Gasteiger charge is 2.09. The van der Waals surface area contributed by atoms with E-state index in [9.17, 15) is 9.59 Å². The number of carbonyl (C=O) groups is 2. The maximum absolute atomic E-state index is 11.5. The first kappa shape index (κ1) is 13.0. The van der Waals surface area contributed by atoms with Crippen LogP contribution >= 0.6 is 0 Å². The number of hydrogen-bond acceptors (Lipinski definition) is 3. The monoisotopic (exact) mass is 237 g/mol. The lowest BCUT2D eigenvalue weighted by Gasteiger charge is -2.09. The van der Waals surface area contributed by atoms with Gasteiger partial charge in [0, 0.05) is 5.56 Å². The zero-order valence-electron chi connectivity index (χ0n) is 9.82. The van der Waals surface area contributed by atoms with Gasteiger partial charge in [0.05, 0.1) is 13.5 Å². The summed E-state index contributed by atoms with van der Waals surface area (Å²) in [5.74, 6) is -0.771. The number of carboxylic acid groups (broad SMARTS) is 1. The van der Waals surface area contributed by atoms with E-state index >= 15 is 0 Å². The second kappa shape index (κ2) is 5.89. The van der Waals surface area contributed by atoms with E-state index in [0.717, 1.165) is 11.1 Å². The molecule has 92 valence electrons. The van der Waals surface area contributed by atoms with E-state index in [0.29, 0.717) is 5.75 Å². The topological polar surface area (TPSA) is 75.6 Å². The van der Waals surface area contributed by atoms with Crippen LogP contribution < -0.4 is 10.1 Å². The maximum Gasteiger partial charge on any atom is 0.322 e. The zero-order chi connectivity index (χ0) is 12.8. The molecule has 1 aromatic carbocycles. The lowest BCUT2D eigenvalue weighted by atomic mass is 10.1. The summed E-state index contributed by atoms with van der Waals surface area (Å²) < 4.78 is 5.13. The summed E-state index contributed by atoms with van der Waals surface area (Å²) in [6, 6.07) is 5.52. The molecule has 0 spiro atoms. The molecule has 0 saturated carbocycles.